The van der Waals surface area contributed by atoms with Crippen LogP contribution in [0.25, 0.3) is 0 Å². The van der Waals surface area contributed by atoms with Crippen molar-refractivity contribution in [3.05, 3.63) is 53.2 Å². The molecule has 0 spiro atoms. The SMILES string of the molecule is N#Cc1ccnnc1N1CCc2ccccc2C1CN. The van der Waals surface area contributed by atoms with Crippen LogP contribution in [0.4, 0.5) is 5.82 Å². The molecule has 1 atom stereocenters. The Morgan fingerprint density at radius 3 is 3.00 bits per heavy atom. The molecule has 1 aliphatic heterocycles. The van der Waals surface area contributed by atoms with E-state index in [9.17, 15) is 5.26 Å². The van der Waals surface area contributed by atoms with Crippen LogP contribution in [0.1, 0.15) is 22.7 Å². The van der Waals surface area contributed by atoms with Crippen LogP contribution in [0.5, 0.6) is 0 Å². The van der Waals surface area contributed by atoms with E-state index in [4.69, 9.17) is 5.73 Å². The summed E-state index contributed by atoms with van der Waals surface area (Å²) >= 11 is 0. The maximum absolute atomic E-state index is 9.23. The van der Waals surface area contributed by atoms with Crippen molar-refractivity contribution in [3.8, 4) is 6.07 Å². The lowest BCUT2D eigenvalue weighted by Crippen LogP contribution is -2.40. The number of nitrogens with zero attached hydrogens (tertiary/aromatic N) is 4. The topological polar surface area (TPSA) is 78.8 Å². The van der Waals surface area contributed by atoms with Crippen LogP contribution < -0.4 is 10.6 Å². The molecule has 20 heavy (non-hydrogen) atoms. The number of nitrogens with two attached hydrogens (primary N) is 1. The summed E-state index contributed by atoms with van der Waals surface area (Å²) in [6, 6.07) is 12.2. The second-order valence-electron chi connectivity index (χ2n) is 4.77. The van der Waals surface area contributed by atoms with Crippen molar-refractivity contribution in [2.75, 3.05) is 18.0 Å². The van der Waals surface area contributed by atoms with Gasteiger partial charge in [-0.25, -0.2) is 0 Å². The Kier molecular flexibility index (Phi) is 3.32. The molecule has 1 unspecified atom stereocenters. The molecule has 0 aliphatic carbocycles. The van der Waals surface area contributed by atoms with Gasteiger partial charge in [-0.1, -0.05) is 24.3 Å². The zero-order chi connectivity index (χ0) is 13.9. The normalized spacial score (nSPS) is 17.4. The Morgan fingerprint density at radius 2 is 2.20 bits per heavy atom. The van der Waals surface area contributed by atoms with Gasteiger partial charge in [0.05, 0.1) is 17.8 Å². The Balaban J connectivity index is 2.06. The van der Waals surface area contributed by atoms with Gasteiger partial charge in [-0.15, -0.1) is 5.10 Å². The molecule has 1 aliphatic rings. The van der Waals surface area contributed by atoms with Crippen LogP contribution >= 0.6 is 0 Å². The Labute approximate surface area is 117 Å². The average Bonchev–Trinajstić information content (AvgIpc) is 2.53. The summed E-state index contributed by atoms with van der Waals surface area (Å²) in [5, 5.41) is 17.3. The third-order valence-corrected chi connectivity index (χ3v) is 3.73. The zero-order valence-electron chi connectivity index (χ0n) is 11.0. The highest BCUT2D eigenvalue weighted by Crippen LogP contribution is 2.33. The first-order valence-corrected chi connectivity index (χ1v) is 6.61. The van der Waals surface area contributed by atoms with Gasteiger partial charge in [-0.05, 0) is 23.6 Å². The maximum atomic E-state index is 9.23. The fraction of sp³-hybridized carbons (Fsp3) is 0.267. The van der Waals surface area contributed by atoms with Gasteiger partial charge in [0.25, 0.3) is 0 Å². The molecule has 0 bridgehead atoms. The minimum Gasteiger partial charge on any atom is -0.345 e. The van der Waals surface area contributed by atoms with E-state index in [-0.39, 0.29) is 6.04 Å². The first-order valence-electron chi connectivity index (χ1n) is 6.61. The first kappa shape index (κ1) is 12.6. The quantitative estimate of drug-likeness (QED) is 0.888. The average molecular weight is 265 g/mol. The lowest BCUT2D eigenvalue weighted by Gasteiger charge is -2.37. The minimum atomic E-state index is 0.0451. The highest BCUT2D eigenvalue weighted by Gasteiger charge is 2.28. The van der Waals surface area contributed by atoms with Crippen LogP contribution in [-0.4, -0.2) is 23.3 Å². The lowest BCUT2D eigenvalue weighted by atomic mass is 9.92. The van der Waals surface area contributed by atoms with Crippen LogP contribution in [0.15, 0.2) is 36.5 Å². The van der Waals surface area contributed by atoms with Crippen molar-refractivity contribution in [1.82, 2.24) is 10.2 Å². The number of nitriles is 1. The van der Waals surface area contributed by atoms with Gasteiger partial charge in [0.1, 0.15) is 6.07 Å². The van der Waals surface area contributed by atoms with Crippen LogP contribution in [0, 0.1) is 11.3 Å². The number of anilines is 1. The van der Waals surface area contributed by atoms with Crippen LogP contribution in [-0.2, 0) is 6.42 Å². The Morgan fingerprint density at radius 1 is 1.35 bits per heavy atom. The van der Waals surface area contributed by atoms with E-state index in [0.29, 0.717) is 17.9 Å². The highest BCUT2D eigenvalue weighted by molar-refractivity contribution is 5.56. The molecule has 0 radical (unpaired) electrons. The van der Waals surface area contributed by atoms with Gasteiger partial charge in [0.2, 0.25) is 0 Å². The van der Waals surface area contributed by atoms with E-state index >= 15 is 0 Å². The fourth-order valence-corrected chi connectivity index (χ4v) is 2.78. The van der Waals surface area contributed by atoms with Gasteiger partial charge in [-0.3, -0.25) is 0 Å². The number of rotatable bonds is 2. The second-order valence-corrected chi connectivity index (χ2v) is 4.77. The smallest absolute Gasteiger partial charge is 0.169 e. The molecule has 0 fully saturated rings. The van der Waals surface area contributed by atoms with Gasteiger partial charge in [0.15, 0.2) is 5.82 Å². The fourth-order valence-electron chi connectivity index (χ4n) is 2.78. The molecule has 5 heteroatoms. The lowest BCUT2D eigenvalue weighted by molar-refractivity contribution is 0.580. The summed E-state index contributed by atoms with van der Waals surface area (Å²) in [6.07, 6.45) is 2.46. The number of hydrogen-bond donors (Lipinski definition) is 1. The molecule has 5 nitrogen and oxygen atoms in total. The minimum absolute atomic E-state index is 0.0451. The molecule has 0 saturated carbocycles. The number of benzene rings is 1. The summed E-state index contributed by atoms with van der Waals surface area (Å²) < 4.78 is 0. The molecule has 100 valence electrons. The van der Waals surface area contributed by atoms with Crippen molar-refractivity contribution >= 4 is 5.82 Å². The predicted octanol–water partition coefficient (Wildman–Crippen LogP) is 1.41. The van der Waals surface area contributed by atoms with E-state index in [1.807, 2.05) is 12.1 Å². The third kappa shape index (κ3) is 2.00. The van der Waals surface area contributed by atoms with Crippen LogP contribution in [0.2, 0.25) is 0 Å². The van der Waals surface area contributed by atoms with E-state index < -0.39 is 0 Å². The number of hydrogen-bond acceptors (Lipinski definition) is 5. The van der Waals surface area contributed by atoms with Crippen molar-refractivity contribution in [2.45, 2.75) is 12.5 Å². The summed E-state index contributed by atoms with van der Waals surface area (Å²) in [4.78, 5) is 2.09. The van der Waals surface area contributed by atoms with Gasteiger partial charge in [0, 0.05) is 13.1 Å². The zero-order valence-corrected chi connectivity index (χ0v) is 11.0. The standard InChI is InChI=1S/C15H15N5/c16-9-12-5-7-18-19-15(12)20-8-6-11-3-1-2-4-13(11)14(20)10-17/h1-5,7,14H,6,8,10,17H2. The Bertz CT molecular complexity index is 661. The number of fused-ring (bicyclic) bond motifs is 1. The molecule has 1 aromatic heterocycles. The van der Waals surface area contributed by atoms with Gasteiger partial charge in [-0.2, -0.15) is 10.4 Å². The van der Waals surface area contributed by atoms with E-state index in [1.165, 1.54) is 17.3 Å². The monoisotopic (exact) mass is 265 g/mol. The molecule has 3 rings (SSSR count). The summed E-state index contributed by atoms with van der Waals surface area (Å²) in [6.45, 7) is 1.28. The Hall–Kier alpha value is -2.45. The molecule has 2 aromatic rings. The summed E-state index contributed by atoms with van der Waals surface area (Å²) in [5.74, 6) is 0.625. The van der Waals surface area contributed by atoms with E-state index in [1.54, 1.807) is 6.07 Å². The van der Waals surface area contributed by atoms with Crippen molar-refractivity contribution in [1.29, 1.82) is 5.26 Å². The molecule has 1 aromatic carbocycles. The van der Waals surface area contributed by atoms with E-state index in [2.05, 4.69) is 33.3 Å². The van der Waals surface area contributed by atoms with Gasteiger partial charge >= 0.3 is 0 Å². The van der Waals surface area contributed by atoms with Crippen molar-refractivity contribution < 1.29 is 0 Å². The molecule has 2 heterocycles. The molecular formula is C15H15N5. The summed E-state index contributed by atoms with van der Waals surface area (Å²) in [7, 11) is 0. The first-order chi connectivity index (χ1) is 9.85. The van der Waals surface area contributed by atoms with E-state index in [0.717, 1.165) is 13.0 Å². The summed E-state index contributed by atoms with van der Waals surface area (Å²) in [5.41, 5.74) is 9.04. The second kappa shape index (κ2) is 5.27. The van der Waals surface area contributed by atoms with Crippen molar-refractivity contribution in [2.24, 2.45) is 5.73 Å². The molecular weight excluding hydrogens is 250 g/mol. The van der Waals surface area contributed by atoms with Gasteiger partial charge < -0.3 is 10.6 Å². The predicted molar refractivity (Wildman–Crippen MR) is 76.0 cm³/mol. The number of aromatic nitrogens is 2. The van der Waals surface area contributed by atoms with Crippen LogP contribution in [0.3, 0.4) is 0 Å². The molecule has 0 amide bonds. The van der Waals surface area contributed by atoms with Crippen molar-refractivity contribution in [3.63, 3.8) is 0 Å². The highest BCUT2D eigenvalue weighted by atomic mass is 15.3. The maximum Gasteiger partial charge on any atom is 0.169 e. The third-order valence-electron chi connectivity index (χ3n) is 3.73. The largest absolute Gasteiger partial charge is 0.345 e. The molecule has 2 N–H and O–H groups in total. The molecule has 0 saturated heterocycles.